The van der Waals surface area contributed by atoms with E-state index < -0.39 is 23.9 Å². The molecule has 1 aliphatic heterocycles. The van der Waals surface area contributed by atoms with E-state index in [9.17, 15) is 14.7 Å². The number of rotatable bonds is 4. The summed E-state index contributed by atoms with van der Waals surface area (Å²) in [5.74, 6) is 0.400. The van der Waals surface area contributed by atoms with E-state index >= 15 is 0 Å². The van der Waals surface area contributed by atoms with Crippen LogP contribution >= 0.6 is 47.1 Å². The Morgan fingerprint density at radius 2 is 1.62 bits per heavy atom. The first kappa shape index (κ1) is 34.6. The summed E-state index contributed by atoms with van der Waals surface area (Å²) in [6.45, 7) is 0. The number of aliphatic hydroxyl groups excluding tert-OH is 1. The number of nitriles is 1. The number of hydrogen-bond acceptors (Lipinski definition) is 14. The summed E-state index contributed by atoms with van der Waals surface area (Å²) in [5.41, 5.74) is 16.6. The number of carbonyl (C=O) groups excluding carboxylic acids is 2. The maximum absolute atomic E-state index is 11.0. The molecule has 0 radical (unpaired) electrons. The second-order valence-corrected chi connectivity index (χ2v) is 10.7. The second kappa shape index (κ2) is 16.6. The fraction of sp³-hybridized carbons (Fsp3) is 0.250. The largest absolute Gasteiger partial charge is 0.508 e. The van der Waals surface area contributed by atoms with Crippen LogP contribution in [0, 0.1) is 11.3 Å². The highest BCUT2D eigenvalue weighted by molar-refractivity contribution is 8.15. The number of phenolic OH excluding ortho intramolecular Hbond substituents is 2. The predicted molar refractivity (Wildman–Crippen MR) is 165 cm³/mol. The van der Waals surface area contributed by atoms with Crippen LogP contribution in [0.3, 0.4) is 0 Å². The van der Waals surface area contributed by atoms with Gasteiger partial charge in [0.25, 0.3) is 0 Å². The third-order valence-electron chi connectivity index (χ3n) is 4.56. The number of aromatic hydroxyl groups is 2. The first-order valence-electron chi connectivity index (χ1n) is 10.8. The van der Waals surface area contributed by atoms with Crippen LogP contribution < -0.4 is 17.2 Å². The zero-order valence-corrected chi connectivity index (χ0v) is 23.7. The normalized spacial score (nSPS) is 14.1. The number of benzene rings is 2. The minimum Gasteiger partial charge on any atom is -0.508 e. The van der Waals surface area contributed by atoms with Gasteiger partial charge < -0.3 is 32.5 Å². The topological polar surface area (TPSA) is 235 Å². The molecule has 0 unspecified atom stereocenters. The fourth-order valence-corrected chi connectivity index (χ4v) is 5.79. The van der Waals surface area contributed by atoms with Gasteiger partial charge in [-0.25, -0.2) is 9.97 Å². The molecule has 0 fully saturated rings. The molecule has 2 atom stereocenters. The molecule has 2 amide bonds. The standard InChI is InChI=1S/C11H9N3O2S2.C8H4N2OS.C3H8N2OS.CH4O.CH4/c12-9(16)7-4-17-10(14-7)11-13-6-2-1-5(15)3-8(6)18-11;9-4-8-10-6-2-1-5(11)3-7(6)12-8;4-2(1-7)3(5)6;1-2;/h1-3,7,15H,4H2,(H2,12,16);1-3,11H;2,7H,1,4H2,(H2,5,6);2H,1H3;1H4/t7-;;2-;;/m1.1../s1. The molecule has 12 nitrogen and oxygen atoms in total. The van der Waals surface area contributed by atoms with Crippen molar-refractivity contribution in [3.05, 3.63) is 46.4 Å². The minimum absolute atomic E-state index is 0. The number of carbonyl (C=O) groups is 2. The van der Waals surface area contributed by atoms with Gasteiger partial charge in [0.05, 0.1) is 26.5 Å². The van der Waals surface area contributed by atoms with E-state index in [4.69, 9.17) is 32.7 Å². The van der Waals surface area contributed by atoms with E-state index in [0.717, 1.165) is 37.6 Å². The number of amides is 2. The SMILES string of the molecule is C.CO.N#Cc1nc2ccc(O)cc2s1.NC(=O)[C@H](N)CS.NC(=O)[C@H]1CSC(c2nc3ccc(O)cc3s2)=N1. The van der Waals surface area contributed by atoms with Crippen molar-refractivity contribution in [2.75, 3.05) is 18.6 Å². The molecule has 5 rings (SSSR count). The van der Waals surface area contributed by atoms with E-state index in [1.807, 2.05) is 6.07 Å². The number of phenols is 2. The van der Waals surface area contributed by atoms with Crippen LogP contribution in [0.1, 0.15) is 17.4 Å². The molecule has 40 heavy (non-hydrogen) atoms. The molecule has 2 aromatic carbocycles. The van der Waals surface area contributed by atoms with E-state index in [1.165, 1.54) is 34.4 Å². The Balaban J connectivity index is 0.000000316. The Hall–Kier alpha value is -3.46. The highest BCUT2D eigenvalue weighted by Gasteiger charge is 2.25. The van der Waals surface area contributed by atoms with Crippen molar-refractivity contribution in [3.8, 4) is 17.6 Å². The van der Waals surface area contributed by atoms with Crippen molar-refractivity contribution >= 4 is 84.4 Å². The van der Waals surface area contributed by atoms with Gasteiger partial charge in [0.1, 0.15) is 33.7 Å². The number of hydrogen-bond donors (Lipinski definition) is 7. The van der Waals surface area contributed by atoms with Crippen molar-refractivity contribution in [2.24, 2.45) is 22.2 Å². The smallest absolute Gasteiger partial charge is 0.243 e. The molecule has 3 heterocycles. The molecule has 16 heteroatoms. The lowest BCUT2D eigenvalue weighted by Crippen LogP contribution is -2.37. The number of aliphatic hydroxyl groups is 1. The summed E-state index contributed by atoms with van der Waals surface area (Å²) in [4.78, 5) is 33.7. The van der Waals surface area contributed by atoms with E-state index in [0.29, 0.717) is 16.5 Å². The highest BCUT2D eigenvalue weighted by atomic mass is 32.2. The van der Waals surface area contributed by atoms with Crippen LogP contribution in [0.2, 0.25) is 0 Å². The summed E-state index contributed by atoms with van der Waals surface area (Å²) in [5, 5.41) is 36.0. The van der Waals surface area contributed by atoms with Crippen LogP contribution in [-0.4, -0.2) is 72.8 Å². The first-order valence-corrected chi connectivity index (χ1v) is 14.1. The van der Waals surface area contributed by atoms with Crippen LogP contribution in [0.4, 0.5) is 0 Å². The lowest BCUT2D eigenvalue weighted by molar-refractivity contribution is -0.119. The summed E-state index contributed by atoms with van der Waals surface area (Å²) < 4.78 is 1.74. The monoisotopic (exact) mass is 623 g/mol. The number of primary amides is 2. The van der Waals surface area contributed by atoms with Crippen LogP contribution in [0.15, 0.2) is 41.4 Å². The van der Waals surface area contributed by atoms with Crippen molar-refractivity contribution in [1.29, 1.82) is 5.26 Å². The lowest BCUT2D eigenvalue weighted by atomic mass is 10.3. The third kappa shape index (κ3) is 9.62. The van der Waals surface area contributed by atoms with Crippen molar-refractivity contribution in [3.63, 3.8) is 0 Å². The minimum atomic E-state index is -0.594. The number of thiazole rings is 2. The van der Waals surface area contributed by atoms with Gasteiger partial charge in [0.2, 0.25) is 11.8 Å². The Labute approximate surface area is 248 Å². The zero-order valence-electron chi connectivity index (χ0n) is 20.4. The number of nitrogens with two attached hydrogens (primary N) is 3. The first-order chi connectivity index (χ1) is 18.6. The molecule has 0 aliphatic carbocycles. The molecule has 0 bridgehead atoms. The maximum Gasteiger partial charge on any atom is 0.243 e. The second-order valence-electron chi connectivity index (χ2n) is 7.31. The number of fused-ring (bicyclic) bond motifs is 2. The average Bonchev–Trinajstić information content (AvgIpc) is 3.67. The summed E-state index contributed by atoms with van der Waals surface area (Å²) >= 11 is 7.94. The molecule has 2 aromatic heterocycles. The van der Waals surface area contributed by atoms with Gasteiger partial charge in [-0.05, 0) is 36.4 Å². The predicted octanol–water partition coefficient (Wildman–Crippen LogP) is 2.20. The molecular weight excluding hydrogens is 595 g/mol. The number of nitrogens with zero attached hydrogens (tertiary/aromatic N) is 4. The van der Waals surface area contributed by atoms with Crippen LogP contribution in [0.25, 0.3) is 20.4 Å². The molecule has 214 valence electrons. The van der Waals surface area contributed by atoms with E-state index in [1.54, 1.807) is 36.4 Å². The Kier molecular flexibility index (Phi) is 14.3. The number of thiol groups is 1. The van der Waals surface area contributed by atoms with Gasteiger partial charge in [-0.1, -0.05) is 7.43 Å². The highest BCUT2D eigenvalue weighted by Crippen LogP contribution is 2.31. The quantitative estimate of drug-likeness (QED) is 0.164. The molecule has 4 aromatic rings. The van der Waals surface area contributed by atoms with Crippen molar-refractivity contribution in [1.82, 2.24) is 9.97 Å². The zero-order chi connectivity index (χ0) is 29.1. The van der Waals surface area contributed by atoms with E-state index in [-0.39, 0.29) is 18.9 Å². The average molecular weight is 624 g/mol. The molecular formula is C24H29N7O5S4. The van der Waals surface area contributed by atoms with Gasteiger partial charge in [-0.15, -0.1) is 34.4 Å². The van der Waals surface area contributed by atoms with Gasteiger partial charge in [0, 0.05) is 18.6 Å². The van der Waals surface area contributed by atoms with Crippen LogP contribution in [-0.2, 0) is 9.59 Å². The molecule has 0 spiro atoms. The summed E-state index contributed by atoms with van der Waals surface area (Å²) in [7, 11) is 1.00. The Bertz CT molecular complexity index is 1520. The summed E-state index contributed by atoms with van der Waals surface area (Å²) in [6.07, 6.45) is 0. The number of thioether (sulfide) groups is 1. The van der Waals surface area contributed by atoms with E-state index in [2.05, 4.69) is 27.6 Å². The van der Waals surface area contributed by atoms with Gasteiger partial charge in [-0.2, -0.15) is 17.9 Å². The van der Waals surface area contributed by atoms with Crippen molar-refractivity contribution < 1.29 is 24.9 Å². The molecule has 0 saturated heterocycles. The third-order valence-corrected chi connectivity index (χ3v) is 8.09. The van der Waals surface area contributed by atoms with Crippen LogP contribution in [0.5, 0.6) is 11.5 Å². The van der Waals surface area contributed by atoms with Gasteiger partial charge in [0.15, 0.2) is 5.01 Å². The fourth-order valence-electron chi connectivity index (χ4n) is 2.69. The molecule has 9 N–H and O–H groups in total. The number of aromatic nitrogens is 2. The van der Waals surface area contributed by atoms with Gasteiger partial charge >= 0.3 is 0 Å². The maximum atomic E-state index is 11.0. The van der Waals surface area contributed by atoms with Crippen molar-refractivity contribution in [2.45, 2.75) is 19.5 Å². The van der Waals surface area contributed by atoms with Gasteiger partial charge in [-0.3, -0.25) is 14.6 Å². The number of aliphatic imine (C=N–C) groups is 1. The Morgan fingerprint density at radius 3 is 2.08 bits per heavy atom. The summed E-state index contributed by atoms with van der Waals surface area (Å²) in [6, 6.07) is 10.8. The Morgan fingerprint density at radius 1 is 1.07 bits per heavy atom. The molecule has 1 aliphatic rings. The lowest BCUT2D eigenvalue weighted by Gasteiger charge is -1.98. The molecule has 0 saturated carbocycles.